The van der Waals surface area contributed by atoms with Gasteiger partial charge in [0.05, 0.1) is 11.5 Å². The highest BCUT2D eigenvalue weighted by atomic mass is 16.5. The quantitative estimate of drug-likeness (QED) is 0.754. The van der Waals surface area contributed by atoms with Crippen molar-refractivity contribution in [3.8, 4) is 5.75 Å². The highest BCUT2D eigenvalue weighted by molar-refractivity contribution is 5.95. The van der Waals surface area contributed by atoms with Crippen LogP contribution >= 0.6 is 0 Å². The molecule has 2 N–H and O–H groups in total. The fourth-order valence-electron chi connectivity index (χ4n) is 3.83. The van der Waals surface area contributed by atoms with Gasteiger partial charge in [-0.05, 0) is 43.5 Å². The number of amides is 2. The van der Waals surface area contributed by atoms with Crippen LogP contribution in [-0.4, -0.2) is 59.9 Å². The van der Waals surface area contributed by atoms with E-state index >= 15 is 0 Å². The number of benzene rings is 1. The number of carbonyl (C=O) groups excluding carboxylic acids is 3. The van der Waals surface area contributed by atoms with Crippen molar-refractivity contribution in [2.75, 3.05) is 26.2 Å². The number of hydrogen-bond donors (Lipinski definition) is 2. The molecule has 0 bridgehead atoms. The van der Waals surface area contributed by atoms with Gasteiger partial charge >= 0.3 is 0 Å². The van der Waals surface area contributed by atoms with Crippen molar-refractivity contribution in [1.82, 2.24) is 10.2 Å². The number of rotatable bonds is 5. The van der Waals surface area contributed by atoms with Crippen LogP contribution in [0.3, 0.4) is 0 Å². The molecule has 0 radical (unpaired) electrons. The third-order valence-corrected chi connectivity index (χ3v) is 5.53. The van der Waals surface area contributed by atoms with Gasteiger partial charge in [0.25, 0.3) is 5.91 Å². The van der Waals surface area contributed by atoms with E-state index < -0.39 is 11.5 Å². The minimum atomic E-state index is -0.908. The highest BCUT2D eigenvalue weighted by Crippen LogP contribution is 2.37. The third kappa shape index (κ3) is 3.98. The summed E-state index contributed by atoms with van der Waals surface area (Å²) in [7, 11) is 0. The van der Waals surface area contributed by atoms with Gasteiger partial charge in [-0.3, -0.25) is 14.4 Å². The summed E-state index contributed by atoms with van der Waals surface area (Å²) >= 11 is 0. The van der Waals surface area contributed by atoms with Crippen LogP contribution in [0, 0.1) is 5.41 Å². The number of Topliss-reactive ketones (excluding diaryl/α,β-unsaturated/α-hetero) is 1. The van der Waals surface area contributed by atoms with Gasteiger partial charge in [0.1, 0.15) is 5.75 Å². The van der Waals surface area contributed by atoms with Gasteiger partial charge in [-0.2, -0.15) is 0 Å². The summed E-state index contributed by atoms with van der Waals surface area (Å²) in [6.45, 7) is 2.89. The molecular formula is C20H26N2O5. The molecule has 1 spiro atoms. The van der Waals surface area contributed by atoms with Gasteiger partial charge in [0, 0.05) is 31.6 Å². The Bertz CT molecular complexity index is 718. The number of hydrogen-bond acceptors (Lipinski definition) is 5. The number of nitrogens with one attached hydrogen (secondary N) is 1. The van der Waals surface area contributed by atoms with Crippen LogP contribution in [0.15, 0.2) is 24.3 Å². The summed E-state index contributed by atoms with van der Waals surface area (Å²) in [5, 5.41) is 13.2. The van der Waals surface area contributed by atoms with Gasteiger partial charge in [-0.15, -0.1) is 0 Å². The Morgan fingerprint density at radius 1 is 1.33 bits per heavy atom. The van der Waals surface area contributed by atoms with Crippen LogP contribution < -0.4 is 10.1 Å². The second kappa shape index (κ2) is 8.08. The van der Waals surface area contributed by atoms with E-state index in [1.807, 2.05) is 0 Å². The van der Waals surface area contributed by atoms with E-state index in [4.69, 9.17) is 4.74 Å². The molecule has 2 heterocycles. The van der Waals surface area contributed by atoms with Crippen LogP contribution in [0.5, 0.6) is 5.75 Å². The number of piperidine rings is 2. The summed E-state index contributed by atoms with van der Waals surface area (Å²) in [6.07, 6.45) is 1.47. The molecular weight excluding hydrogens is 348 g/mol. The topological polar surface area (TPSA) is 95.9 Å². The zero-order chi connectivity index (χ0) is 19.4. The number of aliphatic hydroxyl groups is 1. The van der Waals surface area contributed by atoms with Crippen LogP contribution in [-0.2, 0) is 9.59 Å². The molecule has 0 unspecified atom stereocenters. The summed E-state index contributed by atoms with van der Waals surface area (Å²) in [5.41, 5.74) is -0.291. The van der Waals surface area contributed by atoms with Crippen LogP contribution in [0.1, 0.15) is 43.0 Å². The summed E-state index contributed by atoms with van der Waals surface area (Å²) in [6, 6.07) is 6.72. The zero-order valence-electron chi connectivity index (χ0n) is 15.6. The summed E-state index contributed by atoms with van der Waals surface area (Å²) in [5.74, 6) is 0.183. The lowest BCUT2D eigenvalue weighted by Crippen LogP contribution is -2.62. The molecule has 146 valence electrons. The Kier molecular flexibility index (Phi) is 5.79. The summed E-state index contributed by atoms with van der Waals surface area (Å²) in [4.78, 5) is 38.2. The lowest BCUT2D eigenvalue weighted by atomic mass is 9.71. The minimum Gasteiger partial charge on any atom is -0.484 e. The molecule has 0 aromatic heterocycles. The van der Waals surface area contributed by atoms with Crippen molar-refractivity contribution >= 4 is 17.6 Å². The molecule has 2 aliphatic rings. The smallest absolute Gasteiger partial charge is 0.260 e. The Labute approximate surface area is 158 Å². The van der Waals surface area contributed by atoms with Gasteiger partial charge in [0.2, 0.25) is 5.91 Å². The average molecular weight is 374 g/mol. The second-order valence-corrected chi connectivity index (χ2v) is 7.23. The van der Waals surface area contributed by atoms with Gasteiger partial charge < -0.3 is 20.1 Å². The van der Waals surface area contributed by atoms with Crippen molar-refractivity contribution < 1.29 is 24.2 Å². The van der Waals surface area contributed by atoms with Gasteiger partial charge in [0.15, 0.2) is 12.4 Å². The van der Waals surface area contributed by atoms with E-state index in [9.17, 15) is 19.5 Å². The molecule has 2 amide bonds. The number of carbonyl (C=O) groups is 3. The Morgan fingerprint density at radius 3 is 2.74 bits per heavy atom. The average Bonchev–Trinajstić information content (AvgIpc) is 2.70. The highest BCUT2D eigenvalue weighted by Gasteiger charge is 2.50. The first-order chi connectivity index (χ1) is 13.0. The molecule has 3 rings (SSSR count). The van der Waals surface area contributed by atoms with Crippen LogP contribution in [0.4, 0.5) is 0 Å². The Balaban J connectivity index is 1.59. The van der Waals surface area contributed by atoms with E-state index in [1.165, 1.54) is 0 Å². The van der Waals surface area contributed by atoms with Crippen molar-refractivity contribution in [1.29, 1.82) is 0 Å². The van der Waals surface area contributed by atoms with Gasteiger partial charge in [-0.25, -0.2) is 0 Å². The number of aliphatic hydroxyl groups excluding tert-OH is 1. The standard InChI is InChI=1S/C20H26N2O5/c1-2-16(23)14-4-6-15(7-5-14)27-12-18(25)22-11-8-17(24)20(13-22)9-3-10-21-19(20)26/h4-7,17,24H,2-3,8-13H2,1H3,(H,21,26)/t17-,20-/m1/s1. The SMILES string of the molecule is CCC(=O)c1ccc(OCC(=O)N2CC[C@@H](O)[C@@]3(CCCNC3=O)C2)cc1. The van der Waals surface area contributed by atoms with Crippen molar-refractivity contribution in [2.24, 2.45) is 5.41 Å². The fourth-order valence-corrected chi connectivity index (χ4v) is 3.83. The second-order valence-electron chi connectivity index (χ2n) is 7.23. The molecule has 2 aliphatic heterocycles. The maximum absolute atomic E-state index is 12.6. The molecule has 2 saturated heterocycles. The largest absolute Gasteiger partial charge is 0.484 e. The number of ether oxygens (including phenoxy) is 1. The first kappa shape index (κ1) is 19.4. The Morgan fingerprint density at radius 2 is 2.07 bits per heavy atom. The van der Waals surface area contributed by atoms with Crippen LogP contribution in [0.25, 0.3) is 0 Å². The van der Waals surface area contributed by atoms with E-state index in [-0.39, 0.29) is 30.7 Å². The van der Waals surface area contributed by atoms with Crippen molar-refractivity contribution in [3.05, 3.63) is 29.8 Å². The lowest BCUT2D eigenvalue weighted by Gasteiger charge is -2.46. The monoisotopic (exact) mass is 374 g/mol. The molecule has 7 nitrogen and oxygen atoms in total. The van der Waals surface area contributed by atoms with E-state index in [0.29, 0.717) is 43.7 Å². The number of ketones is 1. The van der Waals surface area contributed by atoms with E-state index in [2.05, 4.69) is 5.32 Å². The number of nitrogens with zero attached hydrogens (tertiary/aromatic N) is 1. The molecule has 2 atom stereocenters. The van der Waals surface area contributed by atoms with Crippen molar-refractivity contribution in [3.63, 3.8) is 0 Å². The summed E-state index contributed by atoms with van der Waals surface area (Å²) < 4.78 is 5.55. The predicted octanol–water partition coefficient (Wildman–Crippen LogP) is 1.15. The zero-order valence-corrected chi connectivity index (χ0v) is 15.6. The fraction of sp³-hybridized carbons (Fsp3) is 0.550. The molecule has 0 saturated carbocycles. The minimum absolute atomic E-state index is 0.0561. The predicted molar refractivity (Wildman–Crippen MR) is 98.4 cm³/mol. The molecule has 27 heavy (non-hydrogen) atoms. The third-order valence-electron chi connectivity index (χ3n) is 5.53. The Hall–Kier alpha value is -2.41. The first-order valence-electron chi connectivity index (χ1n) is 9.46. The van der Waals surface area contributed by atoms with Crippen LogP contribution in [0.2, 0.25) is 0 Å². The maximum Gasteiger partial charge on any atom is 0.260 e. The maximum atomic E-state index is 12.6. The van der Waals surface area contributed by atoms with E-state index in [1.54, 1.807) is 36.1 Å². The lowest BCUT2D eigenvalue weighted by molar-refractivity contribution is -0.155. The first-order valence-corrected chi connectivity index (χ1v) is 9.46. The number of likely N-dealkylation sites (tertiary alicyclic amines) is 1. The van der Waals surface area contributed by atoms with E-state index in [0.717, 1.165) is 6.42 Å². The molecule has 7 heteroatoms. The molecule has 2 fully saturated rings. The molecule has 1 aromatic rings. The normalized spacial score (nSPS) is 25.2. The molecule has 1 aromatic carbocycles. The molecule has 0 aliphatic carbocycles. The van der Waals surface area contributed by atoms with Crippen molar-refractivity contribution in [2.45, 2.75) is 38.7 Å². The van der Waals surface area contributed by atoms with Gasteiger partial charge in [-0.1, -0.05) is 6.92 Å².